The number of ether oxygens (including phenoxy) is 1. The van der Waals surface area contributed by atoms with Crippen LogP contribution >= 0.6 is 0 Å². The molecule has 4 atom stereocenters. The highest BCUT2D eigenvalue weighted by molar-refractivity contribution is 5.99. The van der Waals surface area contributed by atoms with Crippen LogP contribution in [0.15, 0.2) is 128 Å². The Morgan fingerprint density at radius 1 is 0.731 bits per heavy atom. The maximum atomic E-state index is 13.8. The molecule has 0 aliphatic heterocycles. The van der Waals surface area contributed by atoms with Gasteiger partial charge in [-0.05, 0) is 72.6 Å². The van der Waals surface area contributed by atoms with E-state index in [1.807, 2.05) is 97.1 Å². The van der Waals surface area contributed by atoms with E-state index in [4.69, 9.17) is 4.74 Å². The molecule has 3 amide bonds. The first-order chi connectivity index (χ1) is 25.3. The fourth-order valence-corrected chi connectivity index (χ4v) is 6.02. The van der Waals surface area contributed by atoms with Crippen molar-refractivity contribution in [1.82, 2.24) is 10.6 Å². The van der Waals surface area contributed by atoms with Crippen molar-refractivity contribution in [3.05, 3.63) is 140 Å². The molecule has 0 aliphatic rings. The van der Waals surface area contributed by atoms with Crippen molar-refractivity contribution in [2.45, 2.75) is 57.0 Å². The monoisotopic (exact) mass is 703 g/mol. The number of rotatable bonds is 21. The largest absolute Gasteiger partial charge is 0.463 e. The minimum absolute atomic E-state index is 0.156. The molecule has 9 nitrogen and oxygen atoms in total. The van der Waals surface area contributed by atoms with Gasteiger partial charge in [0.05, 0.1) is 24.5 Å². The van der Waals surface area contributed by atoms with E-state index in [9.17, 15) is 24.3 Å². The molecule has 4 aromatic rings. The third-order valence-electron chi connectivity index (χ3n) is 8.83. The predicted octanol–water partition coefficient (Wildman–Crippen LogP) is 6.32. The highest BCUT2D eigenvalue weighted by atomic mass is 16.5. The van der Waals surface area contributed by atoms with Crippen molar-refractivity contribution < 1.29 is 29.0 Å². The van der Waals surface area contributed by atoms with Gasteiger partial charge >= 0.3 is 5.97 Å². The maximum absolute atomic E-state index is 13.8. The lowest BCUT2D eigenvalue weighted by molar-refractivity contribution is -0.151. The molecule has 0 radical (unpaired) electrons. The van der Waals surface area contributed by atoms with Crippen LogP contribution in [0, 0.1) is 11.8 Å². The summed E-state index contributed by atoms with van der Waals surface area (Å²) in [4.78, 5) is 54.1. The lowest BCUT2D eigenvalue weighted by Crippen LogP contribution is -2.50. The first kappa shape index (κ1) is 39.2. The van der Waals surface area contributed by atoms with E-state index in [-0.39, 0.29) is 19.4 Å². The number of fused-ring (bicyclic) bond motifs is 1. The molecule has 0 saturated heterocycles. The van der Waals surface area contributed by atoms with Gasteiger partial charge in [-0.1, -0.05) is 103 Å². The Labute approximate surface area is 306 Å². The molecule has 0 aliphatic carbocycles. The molecule has 4 rings (SSSR count). The molecule has 0 spiro atoms. The van der Waals surface area contributed by atoms with Crippen LogP contribution in [0.5, 0.6) is 0 Å². The predicted molar refractivity (Wildman–Crippen MR) is 205 cm³/mol. The standard InChI is InChI=1S/C43H49N3O6/c1-3-5-8-22-36(25-31-16-9-6-10-17-31)43(51)52-30-39(42(50)45-37-24-23-33-20-13-14-21-34(33)27-37)46-41(49)35(15-4-2)28-40(48)44-38(29-47)26-32-18-11-7-12-19-32/h3-4,6-7,9-14,16-21,23-24,27,35-36,38-39,47H,1-2,5,8,15,22,25-26,28-30H2,(H,44,48)(H,45,50)(H,46,49)/t35-,36+,38+,39-/m0/s1. The first-order valence-electron chi connectivity index (χ1n) is 17.8. The third-order valence-corrected chi connectivity index (χ3v) is 8.83. The summed E-state index contributed by atoms with van der Waals surface area (Å²) in [5.41, 5.74) is 2.44. The fraction of sp³-hybridized carbons (Fsp3) is 0.302. The molecule has 0 aromatic heterocycles. The van der Waals surface area contributed by atoms with Crippen LogP contribution in [0.2, 0.25) is 0 Å². The zero-order chi connectivity index (χ0) is 37.1. The summed E-state index contributed by atoms with van der Waals surface area (Å²) in [6.07, 6.45) is 6.23. The van der Waals surface area contributed by atoms with Gasteiger partial charge in [0.25, 0.3) is 5.91 Å². The molecule has 0 bridgehead atoms. The second-order valence-electron chi connectivity index (χ2n) is 12.9. The Morgan fingerprint density at radius 3 is 2.04 bits per heavy atom. The Kier molecular flexibility index (Phi) is 15.8. The molecule has 0 saturated carbocycles. The Hall–Kier alpha value is -5.54. The van der Waals surface area contributed by atoms with Gasteiger partial charge in [-0.25, -0.2) is 0 Å². The van der Waals surface area contributed by atoms with Crippen LogP contribution in [0.3, 0.4) is 0 Å². The number of carbonyl (C=O) groups is 4. The van der Waals surface area contributed by atoms with Gasteiger partial charge in [0.1, 0.15) is 12.6 Å². The number of unbranched alkanes of at least 4 members (excludes halogenated alkanes) is 1. The molecule has 0 fully saturated rings. The van der Waals surface area contributed by atoms with E-state index in [1.165, 1.54) is 6.08 Å². The zero-order valence-electron chi connectivity index (χ0n) is 29.5. The van der Waals surface area contributed by atoms with Crippen LogP contribution < -0.4 is 16.0 Å². The molecule has 9 heteroatoms. The van der Waals surface area contributed by atoms with E-state index in [2.05, 4.69) is 29.1 Å². The van der Waals surface area contributed by atoms with Gasteiger partial charge in [0, 0.05) is 12.1 Å². The second kappa shape index (κ2) is 21.0. The number of esters is 1. The number of amides is 3. The van der Waals surface area contributed by atoms with Crippen molar-refractivity contribution in [1.29, 1.82) is 0 Å². The maximum Gasteiger partial charge on any atom is 0.309 e. The highest BCUT2D eigenvalue weighted by Gasteiger charge is 2.30. The number of aliphatic hydroxyl groups is 1. The number of aliphatic hydroxyl groups excluding tert-OH is 1. The summed E-state index contributed by atoms with van der Waals surface area (Å²) < 4.78 is 5.78. The Bertz CT molecular complexity index is 1780. The Morgan fingerprint density at radius 2 is 1.38 bits per heavy atom. The van der Waals surface area contributed by atoms with Gasteiger partial charge in [-0.3, -0.25) is 19.2 Å². The van der Waals surface area contributed by atoms with Crippen molar-refractivity contribution in [3.63, 3.8) is 0 Å². The van der Waals surface area contributed by atoms with Gasteiger partial charge in [-0.2, -0.15) is 0 Å². The molecule has 0 heterocycles. The number of hydrogen-bond donors (Lipinski definition) is 4. The van der Waals surface area contributed by atoms with Gasteiger partial charge in [0.2, 0.25) is 11.8 Å². The average Bonchev–Trinajstić information content (AvgIpc) is 3.16. The first-order valence-corrected chi connectivity index (χ1v) is 17.8. The fourth-order valence-electron chi connectivity index (χ4n) is 6.02. The highest BCUT2D eigenvalue weighted by Crippen LogP contribution is 2.21. The summed E-state index contributed by atoms with van der Waals surface area (Å²) in [6.45, 7) is 6.85. The van der Waals surface area contributed by atoms with Crippen molar-refractivity contribution in [3.8, 4) is 0 Å². The lowest BCUT2D eigenvalue weighted by Gasteiger charge is -2.24. The SMILES string of the molecule is C=CCCC[C@H](Cc1ccccc1)C(=O)OC[C@H](NC(=O)[C@@H](CC=C)CC(=O)N[C@@H](CO)Cc1ccccc1)C(=O)Nc1ccc2ccccc2c1. The van der Waals surface area contributed by atoms with Crippen molar-refractivity contribution >= 4 is 40.2 Å². The molecule has 0 unspecified atom stereocenters. The molecule has 272 valence electrons. The minimum atomic E-state index is -1.26. The van der Waals surface area contributed by atoms with E-state index >= 15 is 0 Å². The summed E-state index contributed by atoms with van der Waals surface area (Å²) in [5, 5.41) is 20.3. The average molecular weight is 704 g/mol. The topological polar surface area (TPSA) is 134 Å². The van der Waals surface area contributed by atoms with Gasteiger partial charge in [0.15, 0.2) is 0 Å². The number of allylic oxidation sites excluding steroid dienone is 2. The Balaban J connectivity index is 1.48. The second-order valence-corrected chi connectivity index (χ2v) is 12.9. The van der Waals surface area contributed by atoms with Crippen molar-refractivity contribution in [2.24, 2.45) is 11.8 Å². The number of hydrogen-bond acceptors (Lipinski definition) is 6. The van der Waals surface area contributed by atoms with E-state index in [0.29, 0.717) is 24.9 Å². The molecule has 4 N–H and O–H groups in total. The van der Waals surface area contributed by atoms with Gasteiger partial charge in [-0.15, -0.1) is 13.2 Å². The molecule has 4 aromatic carbocycles. The van der Waals surface area contributed by atoms with Crippen LogP contribution in [0.4, 0.5) is 5.69 Å². The summed E-state index contributed by atoms with van der Waals surface area (Å²) in [6, 6.07) is 30.5. The zero-order valence-corrected chi connectivity index (χ0v) is 29.5. The number of benzene rings is 4. The van der Waals surface area contributed by atoms with Gasteiger partial charge < -0.3 is 25.8 Å². The number of anilines is 1. The van der Waals surface area contributed by atoms with Crippen LogP contribution in [-0.2, 0) is 36.8 Å². The molecular weight excluding hydrogens is 654 g/mol. The number of carbonyl (C=O) groups excluding carboxylic acids is 4. The smallest absolute Gasteiger partial charge is 0.309 e. The van der Waals surface area contributed by atoms with E-state index in [1.54, 1.807) is 12.1 Å². The van der Waals surface area contributed by atoms with E-state index < -0.39 is 54.2 Å². The quantitative estimate of drug-likeness (QED) is 0.0456. The van der Waals surface area contributed by atoms with Crippen LogP contribution in [-0.4, -0.2) is 54.1 Å². The summed E-state index contributed by atoms with van der Waals surface area (Å²) in [7, 11) is 0. The third kappa shape index (κ3) is 12.7. The summed E-state index contributed by atoms with van der Waals surface area (Å²) in [5.74, 6) is -3.38. The molecular formula is C43H49N3O6. The van der Waals surface area contributed by atoms with Crippen molar-refractivity contribution in [2.75, 3.05) is 18.5 Å². The van der Waals surface area contributed by atoms with E-state index in [0.717, 1.165) is 34.7 Å². The number of nitrogens with one attached hydrogen (secondary N) is 3. The van der Waals surface area contributed by atoms with Crippen LogP contribution in [0.25, 0.3) is 10.8 Å². The molecule has 52 heavy (non-hydrogen) atoms. The minimum Gasteiger partial charge on any atom is -0.463 e. The summed E-state index contributed by atoms with van der Waals surface area (Å²) >= 11 is 0. The normalized spacial score (nSPS) is 13.2. The lowest BCUT2D eigenvalue weighted by atomic mass is 9.94. The van der Waals surface area contributed by atoms with Crippen LogP contribution in [0.1, 0.15) is 43.2 Å².